The van der Waals surface area contributed by atoms with Crippen LogP contribution in [0.3, 0.4) is 0 Å². The Bertz CT molecular complexity index is 612. The van der Waals surface area contributed by atoms with Gasteiger partial charge in [-0.15, -0.1) is 0 Å². The van der Waals surface area contributed by atoms with E-state index in [2.05, 4.69) is 0 Å². The number of hydrogen-bond donors (Lipinski definition) is 2. The Morgan fingerprint density at radius 3 is 2.18 bits per heavy atom. The first-order chi connectivity index (χ1) is 10.5. The summed E-state index contributed by atoms with van der Waals surface area (Å²) >= 11 is 0. The molecular weight excluding hydrogens is 282 g/mol. The van der Waals surface area contributed by atoms with Gasteiger partial charge in [-0.3, -0.25) is 0 Å². The average Bonchev–Trinajstić information content (AvgIpc) is 2.56. The van der Waals surface area contributed by atoms with Crippen molar-refractivity contribution >= 4 is 11.7 Å². The van der Waals surface area contributed by atoms with E-state index >= 15 is 0 Å². The van der Waals surface area contributed by atoms with E-state index < -0.39 is 18.1 Å². The highest BCUT2D eigenvalue weighted by atomic mass is 16.5. The molecule has 0 aliphatic carbocycles. The molecular formula is C17H19NO4. The fraction of sp³-hybridized carbons (Fsp3) is 0.235. The minimum Gasteiger partial charge on any atom is -0.497 e. The second-order valence-corrected chi connectivity index (χ2v) is 4.95. The topological polar surface area (TPSA) is 70.0 Å². The van der Waals surface area contributed by atoms with E-state index in [0.29, 0.717) is 5.75 Å². The van der Waals surface area contributed by atoms with Crippen LogP contribution in [0.1, 0.15) is 11.6 Å². The molecule has 0 saturated carbocycles. The summed E-state index contributed by atoms with van der Waals surface area (Å²) in [6.45, 7) is 0. The Labute approximate surface area is 129 Å². The lowest BCUT2D eigenvalue weighted by molar-refractivity contribution is -0.147. The summed E-state index contributed by atoms with van der Waals surface area (Å²) in [6.07, 6.45) is -1.53. The third-order valence-corrected chi connectivity index (χ3v) is 3.59. The standard InChI is InChI=1S/C17H19NO4/c1-18(13-8-10-14(22-2)11-9-13)15(16(19)17(20)21)12-6-4-3-5-7-12/h3-11,15-16,19H,1-2H3,(H,20,21). The van der Waals surface area contributed by atoms with Gasteiger partial charge in [-0.1, -0.05) is 30.3 Å². The molecule has 0 radical (unpaired) electrons. The Hall–Kier alpha value is -2.53. The van der Waals surface area contributed by atoms with Crippen LogP contribution in [-0.4, -0.2) is 36.4 Å². The number of aliphatic hydroxyl groups excluding tert-OH is 1. The lowest BCUT2D eigenvalue weighted by atomic mass is 9.99. The predicted octanol–water partition coefficient (Wildman–Crippen LogP) is 2.32. The molecule has 2 aromatic carbocycles. The van der Waals surface area contributed by atoms with Gasteiger partial charge in [0.25, 0.3) is 0 Å². The molecule has 0 aliphatic heterocycles. The molecule has 2 atom stereocenters. The number of benzene rings is 2. The molecule has 116 valence electrons. The Morgan fingerprint density at radius 1 is 1.09 bits per heavy atom. The quantitative estimate of drug-likeness (QED) is 0.857. The summed E-state index contributed by atoms with van der Waals surface area (Å²) in [5.41, 5.74) is 1.52. The van der Waals surface area contributed by atoms with Gasteiger partial charge < -0.3 is 19.8 Å². The van der Waals surface area contributed by atoms with Crippen molar-refractivity contribution in [1.29, 1.82) is 0 Å². The normalized spacial score (nSPS) is 13.2. The molecule has 5 heteroatoms. The van der Waals surface area contributed by atoms with Crippen molar-refractivity contribution in [2.75, 3.05) is 19.1 Å². The average molecular weight is 301 g/mol. The van der Waals surface area contributed by atoms with Crippen LogP contribution in [0.15, 0.2) is 54.6 Å². The monoisotopic (exact) mass is 301 g/mol. The first-order valence-electron chi connectivity index (χ1n) is 6.87. The van der Waals surface area contributed by atoms with Gasteiger partial charge >= 0.3 is 5.97 Å². The van der Waals surface area contributed by atoms with Crippen LogP contribution >= 0.6 is 0 Å². The zero-order valence-corrected chi connectivity index (χ0v) is 12.5. The van der Waals surface area contributed by atoms with Gasteiger partial charge in [0.2, 0.25) is 0 Å². The van der Waals surface area contributed by atoms with Crippen molar-refractivity contribution in [2.24, 2.45) is 0 Å². The summed E-state index contributed by atoms with van der Waals surface area (Å²) in [4.78, 5) is 13.0. The lowest BCUT2D eigenvalue weighted by Crippen LogP contribution is -2.38. The van der Waals surface area contributed by atoms with Gasteiger partial charge in [0.05, 0.1) is 13.2 Å². The number of ether oxygens (including phenoxy) is 1. The van der Waals surface area contributed by atoms with Gasteiger partial charge in [0.15, 0.2) is 6.10 Å². The van der Waals surface area contributed by atoms with Crippen LogP contribution in [0, 0.1) is 0 Å². The molecule has 2 aromatic rings. The van der Waals surface area contributed by atoms with Gasteiger partial charge in [-0.25, -0.2) is 4.79 Å². The number of carboxylic acids is 1. The Balaban J connectivity index is 2.37. The number of carbonyl (C=O) groups is 1. The van der Waals surface area contributed by atoms with Crippen LogP contribution in [0.2, 0.25) is 0 Å². The number of rotatable bonds is 6. The molecule has 0 fully saturated rings. The molecule has 2 N–H and O–H groups in total. The summed E-state index contributed by atoms with van der Waals surface area (Å²) in [6, 6.07) is 15.6. The molecule has 0 saturated heterocycles. The maximum Gasteiger partial charge on any atom is 0.335 e. The number of nitrogens with zero attached hydrogens (tertiary/aromatic N) is 1. The van der Waals surface area contributed by atoms with Crippen LogP contribution in [0.25, 0.3) is 0 Å². The number of aliphatic carboxylic acids is 1. The van der Waals surface area contributed by atoms with E-state index in [1.165, 1.54) is 0 Å². The van der Waals surface area contributed by atoms with E-state index in [1.54, 1.807) is 43.3 Å². The molecule has 0 aromatic heterocycles. The SMILES string of the molecule is COc1ccc(N(C)C(c2ccccc2)C(O)C(=O)O)cc1. The molecule has 0 heterocycles. The molecule has 2 rings (SSSR count). The van der Waals surface area contributed by atoms with Crippen molar-refractivity contribution in [3.8, 4) is 5.75 Å². The van der Waals surface area contributed by atoms with Crippen molar-refractivity contribution in [2.45, 2.75) is 12.1 Å². The van der Waals surface area contributed by atoms with Crippen LogP contribution in [-0.2, 0) is 4.79 Å². The fourth-order valence-electron chi connectivity index (χ4n) is 2.38. The number of carboxylic acid groups (broad SMARTS) is 1. The first-order valence-corrected chi connectivity index (χ1v) is 6.87. The third-order valence-electron chi connectivity index (χ3n) is 3.59. The van der Waals surface area contributed by atoms with Crippen LogP contribution in [0.4, 0.5) is 5.69 Å². The molecule has 0 amide bonds. The zero-order valence-electron chi connectivity index (χ0n) is 12.5. The van der Waals surface area contributed by atoms with Crippen molar-refractivity contribution in [1.82, 2.24) is 0 Å². The lowest BCUT2D eigenvalue weighted by Gasteiger charge is -2.32. The Kier molecular flexibility index (Phi) is 5.01. The van der Waals surface area contributed by atoms with E-state index in [1.807, 2.05) is 30.3 Å². The summed E-state index contributed by atoms with van der Waals surface area (Å²) in [5.74, 6) is -0.540. The van der Waals surface area contributed by atoms with E-state index in [4.69, 9.17) is 4.74 Å². The second kappa shape index (κ2) is 6.95. The Morgan fingerprint density at radius 2 is 1.68 bits per heavy atom. The minimum absolute atomic E-state index is 0.688. The minimum atomic E-state index is -1.53. The largest absolute Gasteiger partial charge is 0.497 e. The van der Waals surface area contributed by atoms with Crippen molar-refractivity contribution in [3.63, 3.8) is 0 Å². The first kappa shape index (κ1) is 15.9. The molecule has 2 unspecified atom stereocenters. The van der Waals surface area contributed by atoms with Gasteiger partial charge in [-0.05, 0) is 29.8 Å². The predicted molar refractivity (Wildman–Crippen MR) is 84.2 cm³/mol. The molecule has 22 heavy (non-hydrogen) atoms. The van der Waals surface area contributed by atoms with E-state index in [9.17, 15) is 15.0 Å². The van der Waals surface area contributed by atoms with Gasteiger partial charge in [0, 0.05) is 12.7 Å². The number of hydrogen-bond acceptors (Lipinski definition) is 4. The van der Waals surface area contributed by atoms with E-state index in [-0.39, 0.29) is 0 Å². The summed E-state index contributed by atoms with van der Waals surface area (Å²) < 4.78 is 5.12. The smallest absolute Gasteiger partial charge is 0.335 e. The highest BCUT2D eigenvalue weighted by molar-refractivity contribution is 5.74. The van der Waals surface area contributed by atoms with Crippen molar-refractivity contribution < 1.29 is 19.7 Å². The zero-order chi connectivity index (χ0) is 16.1. The number of aliphatic hydroxyl groups is 1. The number of anilines is 1. The number of methoxy groups -OCH3 is 1. The second-order valence-electron chi connectivity index (χ2n) is 4.95. The van der Waals surface area contributed by atoms with Gasteiger partial charge in [0.1, 0.15) is 5.75 Å². The van der Waals surface area contributed by atoms with Crippen LogP contribution in [0.5, 0.6) is 5.75 Å². The fourth-order valence-corrected chi connectivity index (χ4v) is 2.38. The molecule has 5 nitrogen and oxygen atoms in total. The highest BCUT2D eigenvalue weighted by Gasteiger charge is 2.31. The van der Waals surface area contributed by atoms with Gasteiger partial charge in [-0.2, -0.15) is 0 Å². The van der Waals surface area contributed by atoms with E-state index in [0.717, 1.165) is 11.3 Å². The van der Waals surface area contributed by atoms with Crippen molar-refractivity contribution in [3.05, 3.63) is 60.2 Å². The third kappa shape index (κ3) is 3.38. The number of likely N-dealkylation sites (N-methyl/N-ethyl adjacent to an activating group) is 1. The maximum absolute atomic E-state index is 11.3. The summed E-state index contributed by atoms with van der Waals surface area (Å²) in [7, 11) is 3.34. The van der Waals surface area contributed by atoms with Crippen LogP contribution < -0.4 is 9.64 Å². The molecule has 0 bridgehead atoms. The highest BCUT2D eigenvalue weighted by Crippen LogP contribution is 2.29. The molecule has 0 aliphatic rings. The maximum atomic E-state index is 11.3. The summed E-state index contributed by atoms with van der Waals surface area (Å²) in [5, 5.41) is 19.3. The molecule has 0 spiro atoms.